The van der Waals surface area contributed by atoms with E-state index in [0.717, 1.165) is 11.3 Å². The van der Waals surface area contributed by atoms with Crippen molar-refractivity contribution in [1.29, 1.82) is 0 Å². The molecular formula is C13H14N2OS. The third kappa shape index (κ3) is 2.77. The van der Waals surface area contributed by atoms with Gasteiger partial charge in [-0.1, -0.05) is 23.9 Å². The summed E-state index contributed by atoms with van der Waals surface area (Å²) >= 11 is 1.48. The van der Waals surface area contributed by atoms with Gasteiger partial charge >= 0.3 is 0 Å². The van der Waals surface area contributed by atoms with Crippen LogP contribution in [0.4, 0.5) is 0 Å². The molecule has 0 atom stereocenters. The van der Waals surface area contributed by atoms with Gasteiger partial charge in [0.15, 0.2) is 0 Å². The minimum absolute atomic E-state index is 0.569. The second kappa shape index (κ2) is 5.19. The van der Waals surface area contributed by atoms with Crippen LogP contribution < -0.4 is 0 Å². The first-order chi connectivity index (χ1) is 8.20. The lowest BCUT2D eigenvalue weighted by Gasteiger charge is -2.00. The number of thioether (sulfide) groups is 1. The maximum atomic E-state index is 5.56. The maximum absolute atomic E-state index is 5.56. The first-order valence-electron chi connectivity index (χ1n) is 5.35. The van der Waals surface area contributed by atoms with E-state index in [0.29, 0.717) is 11.1 Å². The van der Waals surface area contributed by atoms with Crippen LogP contribution in [-0.4, -0.2) is 16.0 Å². The number of aryl methyl sites for hydroxylation is 2. The SMILES string of the molecule is C=CCSc1nnc(-c2ccc(C)c(C)c2)o1. The average molecular weight is 246 g/mol. The molecule has 0 spiro atoms. The summed E-state index contributed by atoms with van der Waals surface area (Å²) in [5.74, 6) is 1.34. The van der Waals surface area contributed by atoms with Gasteiger partial charge in [-0.05, 0) is 37.1 Å². The van der Waals surface area contributed by atoms with Crippen LogP contribution in [0.1, 0.15) is 11.1 Å². The molecule has 0 radical (unpaired) electrons. The number of aromatic nitrogens is 2. The quantitative estimate of drug-likeness (QED) is 0.610. The fraction of sp³-hybridized carbons (Fsp3) is 0.231. The van der Waals surface area contributed by atoms with Crippen LogP contribution in [0.5, 0.6) is 0 Å². The van der Waals surface area contributed by atoms with Crippen molar-refractivity contribution in [2.24, 2.45) is 0 Å². The first kappa shape index (κ1) is 11.9. The highest BCUT2D eigenvalue weighted by Crippen LogP contribution is 2.24. The Kier molecular flexibility index (Phi) is 3.64. The van der Waals surface area contributed by atoms with Crippen LogP contribution in [0.3, 0.4) is 0 Å². The van der Waals surface area contributed by atoms with Gasteiger partial charge in [-0.25, -0.2) is 0 Å². The van der Waals surface area contributed by atoms with Gasteiger partial charge in [-0.2, -0.15) is 0 Å². The topological polar surface area (TPSA) is 38.9 Å². The van der Waals surface area contributed by atoms with Gasteiger partial charge in [-0.3, -0.25) is 0 Å². The Bertz CT molecular complexity index is 534. The second-order valence-corrected chi connectivity index (χ2v) is 4.74. The van der Waals surface area contributed by atoms with Crippen molar-refractivity contribution < 1.29 is 4.42 Å². The lowest BCUT2D eigenvalue weighted by molar-refractivity contribution is 0.466. The van der Waals surface area contributed by atoms with Crippen molar-refractivity contribution in [1.82, 2.24) is 10.2 Å². The molecule has 0 N–H and O–H groups in total. The molecule has 0 aliphatic rings. The standard InChI is InChI=1S/C13H14N2OS/c1-4-7-17-13-15-14-12(16-13)11-6-5-9(2)10(3)8-11/h4-6,8H,1,7H2,2-3H3. The molecule has 0 unspecified atom stereocenters. The normalized spacial score (nSPS) is 10.5. The Morgan fingerprint density at radius 3 is 2.82 bits per heavy atom. The third-order valence-corrected chi connectivity index (χ3v) is 3.30. The fourth-order valence-corrected chi connectivity index (χ4v) is 1.89. The number of benzene rings is 1. The number of nitrogens with zero attached hydrogens (tertiary/aromatic N) is 2. The zero-order chi connectivity index (χ0) is 12.3. The second-order valence-electron chi connectivity index (χ2n) is 3.77. The van der Waals surface area contributed by atoms with Crippen LogP contribution in [0.2, 0.25) is 0 Å². The molecule has 2 aromatic rings. The van der Waals surface area contributed by atoms with Gasteiger partial charge in [0.1, 0.15) is 0 Å². The van der Waals surface area contributed by atoms with Crippen LogP contribution >= 0.6 is 11.8 Å². The lowest BCUT2D eigenvalue weighted by atomic mass is 10.1. The molecule has 4 heteroatoms. The molecule has 0 aliphatic heterocycles. The molecule has 0 aliphatic carbocycles. The fourth-order valence-electron chi connectivity index (χ4n) is 1.39. The van der Waals surface area contributed by atoms with Crippen molar-refractivity contribution in [3.63, 3.8) is 0 Å². The zero-order valence-electron chi connectivity index (χ0n) is 9.93. The van der Waals surface area contributed by atoms with Crippen molar-refractivity contribution >= 4 is 11.8 Å². The van der Waals surface area contributed by atoms with E-state index >= 15 is 0 Å². The van der Waals surface area contributed by atoms with Crippen LogP contribution in [0.25, 0.3) is 11.5 Å². The van der Waals surface area contributed by atoms with Crippen LogP contribution in [0.15, 0.2) is 40.5 Å². The predicted octanol–water partition coefficient (Wildman–Crippen LogP) is 3.63. The van der Waals surface area contributed by atoms with E-state index < -0.39 is 0 Å². The molecule has 1 heterocycles. The number of hydrogen-bond acceptors (Lipinski definition) is 4. The van der Waals surface area contributed by atoms with Gasteiger partial charge in [0, 0.05) is 11.3 Å². The van der Waals surface area contributed by atoms with E-state index in [1.807, 2.05) is 12.1 Å². The first-order valence-corrected chi connectivity index (χ1v) is 6.34. The highest BCUT2D eigenvalue weighted by Gasteiger charge is 2.08. The van der Waals surface area contributed by atoms with Crippen molar-refractivity contribution in [3.05, 3.63) is 42.0 Å². The summed E-state index contributed by atoms with van der Waals surface area (Å²) in [6.45, 7) is 7.80. The van der Waals surface area contributed by atoms with Crippen molar-refractivity contribution in [2.75, 3.05) is 5.75 Å². The van der Waals surface area contributed by atoms with Crippen molar-refractivity contribution in [2.45, 2.75) is 19.1 Å². The Balaban J connectivity index is 2.24. The largest absolute Gasteiger partial charge is 0.411 e. The monoisotopic (exact) mass is 246 g/mol. The molecule has 1 aromatic heterocycles. The van der Waals surface area contributed by atoms with Gasteiger partial charge < -0.3 is 4.42 Å². The molecule has 1 aromatic carbocycles. The highest BCUT2D eigenvalue weighted by atomic mass is 32.2. The van der Waals surface area contributed by atoms with E-state index in [2.05, 4.69) is 42.8 Å². The minimum atomic E-state index is 0.569. The highest BCUT2D eigenvalue weighted by molar-refractivity contribution is 7.99. The smallest absolute Gasteiger partial charge is 0.277 e. The molecule has 88 valence electrons. The average Bonchev–Trinajstić information content (AvgIpc) is 2.79. The van der Waals surface area contributed by atoms with Gasteiger partial charge in [-0.15, -0.1) is 16.8 Å². The summed E-state index contributed by atoms with van der Waals surface area (Å²) in [6, 6.07) is 6.12. The maximum Gasteiger partial charge on any atom is 0.277 e. The molecule has 0 saturated heterocycles. The van der Waals surface area contributed by atoms with E-state index in [9.17, 15) is 0 Å². The Morgan fingerprint density at radius 1 is 1.29 bits per heavy atom. The molecular weight excluding hydrogens is 232 g/mol. The summed E-state index contributed by atoms with van der Waals surface area (Å²) in [5.41, 5.74) is 3.45. The van der Waals surface area contributed by atoms with Crippen LogP contribution in [-0.2, 0) is 0 Å². The molecule has 17 heavy (non-hydrogen) atoms. The summed E-state index contributed by atoms with van der Waals surface area (Å²) < 4.78 is 5.56. The lowest BCUT2D eigenvalue weighted by Crippen LogP contribution is -1.83. The number of hydrogen-bond donors (Lipinski definition) is 0. The summed E-state index contributed by atoms with van der Waals surface area (Å²) in [5, 5.41) is 8.60. The molecule has 0 saturated carbocycles. The van der Waals surface area contributed by atoms with Gasteiger partial charge in [0.05, 0.1) is 0 Å². The Hall–Kier alpha value is -1.55. The molecule has 0 amide bonds. The molecule has 3 nitrogen and oxygen atoms in total. The van der Waals surface area contributed by atoms with Crippen molar-refractivity contribution in [3.8, 4) is 11.5 Å². The Labute approximate surface area is 105 Å². The molecule has 0 bridgehead atoms. The Morgan fingerprint density at radius 2 is 2.12 bits per heavy atom. The third-order valence-electron chi connectivity index (χ3n) is 2.48. The van der Waals surface area contributed by atoms with E-state index in [1.54, 1.807) is 0 Å². The van der Waals surface area contributed by atoms with Gasteiger partial charge in [0.25, 0.3) is 5.22 Å². The predicted molar refractivity (Wildman–Crippen MR) is 70.1 cm³/mol. The minimum Gasteiger partial charge on any atom is -0.411 e. The summed E-state index contributed by atoms with van der Waals surface area (Å²) in [6.07, 6.45) is 1.81. The van der Waals surface area contributed by atoms with E-state index in [-0.39, 0.29) is 0 Å². The van der Waals surface area contributed by atoms with E-state index in [1.165, 1.54) is 22.9 Å². The molecule has 2 rings (SSSR count). The molecule has 0 fully saturated rings. The zero-order valence-corrected chi connectivity index (χ0v) is 10.8. The van der Waals surface area contributed by atoms with E-state index in [4.69, 9.17) is 4.42 Å². The summed E-state index contributed by atoms with van der Waals surface area (Å²) in [7, 11) is 0. The number of rotatable bonds is 4. The summed E-state index contributed by atoms with van der Waals surface area (Å²) in [4.78, 5) is 0. The van der Waals surface area contributed by atoms with Gasteiger partial charge in [0.2, 0.25) is 5.89 Å². The van der Waals surface area contributed by atoms with Crippen LogP contribution in [0, 0.1) is 13.8 Å².